The number of carbonyl (C=O) groups excluding carboxylic acids is 2. The largest absolute Gasteiger partial charge is 0.489 e. The van der Waals surface area contributed by atoms with Crippen molar-refractivity contribution in [3.05, 3.63) is 113 Å². The van der Waals surface area contributed by atoms with Crippen LogP contribution in [0.2, 0.25) is 0 Å². The quantitative estimate of drug-likeness (QED) is 0.307. The van der Waals surface area contributed by atoms with Crippen molar-refractivity contribution >= 4 is 22.6 Å². The number of methoxy groups -OCH3 is 1. The molecule has 1 amide bonds. The fourth-order valence-corrected chi connectivity index (χ4v) is 4.00. The number of hydrogen-bond donors (Lipinski definition) is 0. The van der Waals surface area contributed by atoms with Crippen LogP contribution in [-0.2, 0) is 29.0 Å². The van der Waals surface area contributed by atoms with Gasteiger partial charge in [-0.05, 0) is 58.1 Å². The Balaban J connectivity index is 1.54. The number of rotatable bonds is 9. The summed E-state index contributed by atoms with van der Waals surface area (Å²) >= 11 is 0. The highest BCUT2D eigenvalue weighted by atomic mass is 16.5. The summed E-state index contributed by atoms with van der Waals surface area (Å²) < 4.78 is 10.9. The summed E-state index contributed by atoms with van der Waals surface area (Å²) in [6.45, 7) is 1.07. The summed E-state index contributed by atoms with van der Waals surface area (Å²) in [5, 5.41) is 1.74. The molecule has 0 spiro atoms. The lowest BCUT2D eigenvalue weighted by Crippen LogP contribution is -2.30. The minimum atomic E-state index is -0.436. The van der Waals surface area contributed by atoms with E-state index in [1.54, 1.807) is 17.0 Å². The Hall–Kier alpha value is -4.12. The van der Waals surface area contributed by atoms with Gasteiger partial charge in [-0.2, -0.15) is 0 Å². The number of carbonyl (C=O) groups is 2. The van der Waals surface area contributed by atoms with E-state index in [1.807, 2.05) is 73.8 Å². The highest BCUT2D eigenvalue weighted by Crippen LogP contribution is 2.27. The molecule has 5 heteroatoms. The van der Waals surface area contributed by atoms with Gasteiger partial charge in [-0.25, -0.2) is 4.79 Å². The molecule has 4 aromatic rings. The fourth-order valence-electron chi connectivity index (χ4n) is 4.00. The molecule has 0 aliphatic heterocycles. The lowest BCUT2D eigenvalue weighted by molar-refractivity contribution is -0.129. The maximum Gasteiger partial charge on any atom is 0.337 e. The first-order chi connectivity index (χ1) is 17.0. The van der Waals surface area contributed by atoms with Crippen LogP contribution in [0, 0.1) is 0 Å². The molecule has 0 saturated heterocycles. The van der Waals surface area contributed by atoms with E-state index < -0.39 is 5.97 Å². The number of amides is 1. The summed E-state index contributed by atoms with van der Waals surface area (Å²) in [4.78, 5) is 27.1. The number of benzene rings is 4. The monoisotopic (exact) mass is 467 g/mol. The van der Waals surface area contributed by atoms with E-state index >= 15 is 0 Å². The van der Waals surface area contributed by atoms with Crippen LogP contribution in [0.4, 0.5) is 0 Å². The van der Waals surface area contributed by atoms with Crippen molar-refractivity contribution in [3.8, 4) is 5.75 Å². The van der Waals surface area contributed by atoms with Crippen molar-refractivity contribution in [2.75, 3.05) is 20.7 Å². The molecule has 0 atom stereocenters. The molecule has 0 fully saturated rings. The Morgan fingerprint density at radius 2 is 1.51 bits per heavy atom. The lowest BCUT2D eigenvalue weighted by atomic mass is 9.98. The van der Waals surface area contributed by atoms with Crippen molar-refractivity contribution in [3.63, 3.8) is 0 Å². The average molecular weight is 468 g/mol. The third-order valence-electron chi connectivity index (χ3n) is 6.03. The van der Waals surface area contributed by atoms with Crippen LogP contribution in [0.3, 0.4) is 0 Å². The number of hydrogen-bond acceptors (Lipinski definition) is 4. The molecular formula is C30H29NO4. The Labute approximate surface area is 205 Å². The lowest BCUT2D eigenvalue weighted by Gasteiger charge is -2.18. The van der Waals surface area contributed by atoms with Gasteiger partial charge in [0.2, 0.25) is 5.91 Å². The van der Waals surface area contributed by atoms with Gasteiger partial charge >= 0.3 is 5.97 Å². The predicted molar refractivity (Wildman–Crippen MR) is 138 cm³/mol. The second kappa shape index (κ2) is 11.3. The number of likely N-dealkylation sites (N-methyl/N-ethyl adjacent to an activating group) is 1. The molecule has 0 aromatic heterocycles. The zero-order valence-electron chi connectivity index (χ0n) is 20.1. The summed E-state index contributed by atoms with van der Waals surface area (Å²) in [7, 11) is 3.17. The molecule has 0 N–H and O–H groups in total. The summed E-state index contributed by atoms with van der Waals surface area (Å²) in [5.74, 6) is 0.253. The van der Waals surface area contributed by atoms with E-state index in [9.17, 15) is 9.59 Å². The van der Waals surface area contributed by atoms with Gasteiger partial charge < -0.3 is 14.4 Å². The first kappa shape index (κ1) is 24.0. The van der Waals surface area contributed by atoms with E-state index in [4.69, 9.17) is 9.47 Å². The molecule has 35 heavy (non-hydrogen) atoms. The molecule has 4 aromatic carbocycles. The zero-order chi connectivity index (χ0) is 24.6. The third kappa shape index (κ3) is 6.27. The zero-order valence-corrected chi connectivity index (χ0v) is 20.1. The third-order valence-corrected chi connectivity index (χ3v) is 6.03. The van der Waals surface area contributed by atoms with Crippen molar-refractivity contribution < 1.29 is 19.1 Å². The van der Waals surface area contributed by atoms with Gasteiger partial charge in [-0.1, -0.05) is 66.7 Å². The van der Waals surface area contributed by atoms with E-state index in [0.717, 1.165) is 28.3 Å². The van der Waals surface area contributed by atoms with E-state index in [1.165, 1.54) is 12.7 Å². The van der Waals surface area contributed by atoms with Crippen LogP contribution >= 0.6 is 0 Å². The van der Waals surface area contributed by atoms with Crippen LogP contribution < -0.4 is 4.74 Å². The van der Waals surface area contributed by atoms with Gasteiger partial charge in [-0.3, -0.25) is 4.79 Å². The molecule has 0 radical (unpaired) electrons. The highest BCUT2D eigenvalue weighted by Gasteiger charge is 2.16. The summed E-state index contributed by atoms with van der Waals surface area (Å²) in [6.07, 6.45) is 0.977. The van der Waals surface area contributed by atoms with E-state index in [2.05, 4.69) is 12.1 Å². The van der Waals surface area contributed by atoms with Crippen LogP contribution in [0.25, 0.3) is 10.8 Å². The topological polar surface area (TPSA) is 55.8 Å². The van der Waals surface area contributed by atoms with E-state index in [0.29, 0.717) is 24.5 Å². The first-order valence-corrected chi connectivity index (χ1v) is 11.6. The Morgan fingerprint density at radius 3 is 2.20 bits per heavy atom. The molecule has 0 unspecified atom stereocenters. The average Bonchev–Trinajstić information content (AvgIpc) is 2.90. The maximum absolute atomic E-state index is 13.0. The molecule has 178 valence electrons. The molecule has 0 heterocycles. The smallest absolute Gasteiger partial charge is 0.337 e. The molecule has 4 rings (SSSR count). The second-order valence-corrected chi connectivity index (χ2v) is 8.51. The van der Waals surface area contributed by atoms with Gasteiger partial charge in [0.05, 0.1) is 19.1 Å². The standard InChI is InChI=1S/C30H29NO4/c1-31(16-15-22-9-5-3-6-10-22)29(32)20-25-18-26(30(33)34-2)17-24-19-27(13-14-28(24)25)35-21-23-11-7-4-8-12-23/h3-14,17-19H,15-16,20-21H2,1-2H3. The number of fused-ring (bicyclic) bond motifs is 1. The van der Waals surface area contributed by atoms with Gasteiger partial charge in [0.25, 0.3) is 0 Å². The number of ether oxygens (including phenoxy) is 2. The van der Waals surface area contributed by atoms with Crippen molar-refractivity contribution in [1.29, 1.82) is 0 Å². The van der Waals surface area contributed by atoms with Crippen LogP contribution in [-0.4, -0.2) is 37.5 Å². The summed E-state index contributed by atoms with van der Waals surface area (Å²) in [6, 6.07) is 29.3. The highest BCUT2D eigenvalue weighted by molar-refractivity contribution is 5.98. The minimum absolute atomic E-state index is 0.00588. The predicted octanol–water partition coefficient (Wildman–Crippen LogP) is 5.45. The van der Waals surface area contributed by atoms with Gasteiger partial charge in [-0.15, -0.1) is 0 Å². The number of nitrogens with zero attached hydrogens (tertiary/aromatic N) is 1. The van der Waals surface area contributed by atoms with Crippen LogP contribution in [0.5, 0.6) is 5.75 Å². The van der Waals surface area contributed by atoms with Crippen molar-refractivity contribution in [2.24, 2.45) is 0 Å². The minimum Gasteiger partial charge on any atom is -0.489 e. The fraction of sp³-hybridized carbons (Fsp3) is 0.200. The van der Waals surface area contributed by atoms with Gasteiger partial charge in [0, 0.05) is 13.6 Å². The SMILES string of the molecule is COC(=O)c1cc(CC(=O)N(C)CCc2ccccc2)c2ccc(OCc3ccccc3)cc2c1. The Kier molecular flexibility index (Phi) is 7.78. The normalized spacial score (nSPS) is 10.7. The molecular weight excluding hydrogens is 438 g/mol. The molecule has 0 aliphatic carbocycles. The second-order valence-electron chi connectivity index (χ2n) is 8.51. The molecule has 0 aliphatic rings. The maximum atomic E-state index is 13.0. The summed E-state index contributed by atoms with van der Waals surface area (Å²) in [5.41, 5.74) is 3.46. The van der Waals surface area contributed by atoms with Gasteiger partial charge in [0.1, 0.15) is 12.4 Å². The van der Waals surface area contributed by atoms with Crippen molar-refractivity contribution in [1.82, 2.24) is 4.90 Å². The Morgan fingerprint density at radius 1 is 0.829 bits per heavy atom. The number of esters is 1. The molecule has 0 saturated carbocycles. The van der Waals surface area contributed by atoms with Crippen LogP contribution in [0.15, 0.2) is 91.0 Å². The van der Waals surface area contributed by atoms with Crippen molar-refractivity contribution in [2.45, 2.75) is 19.4 Å². The van der Waals surface area contributed by atoms with Gasteiger partial charge in [0.15, 0.2) is 0 Å². The van der Waals surface area contributed by atoms with Crippen LogP contribution in [0.1, 0.15) is 27.0 Å². The molecule has 0 bridgehead atoms. The Bertz CT molecular complexity index is 1300. The van der Waals surface area contributed by atoms with E-state index in [-0.39, 0.29) is 12.3 Å². The first-order valence-electron chi connectivity index (χ1n) is 11.6. The molecule has 5 nitrogen and oxygen atoms in total.